The molecule has 0 heterocycles. The summed E-state index contributed by atoms with van der Waals surface area (Å²) >= 11 is 4.16. The van der Waals surface area contributed by atoms with Gasteiger partial charge in [0.1, 0.15) is 6.54 Å². The molecule has 0 aliphatic heterocycles. The van der Waals surface area contributed by atoms with Gasteiger partial charge in [0.25, 0.3) is 5.91 Å². The van der Waals surface area contributed by atoms with Gasteiger partial charge < -0.3 is 26.0 Å². The van der Waals surface area contributed by atoms with Crippen LogP contribution in [0, 0.1) is 0 Å². The van der Waals surface area contributed by atoms with Crippen molar-refractivity contribution in [3.8, 4) is 0 Å². The number of nitrogens with one attached hydrogen (secondary N) is 2. The lowest BCUT2D eigenvalue weighted by Gasteiger charge is -2.31. The van der Waals surface area contributed by atoms with Crippen molar-refractivity contribution < 1.29 is 19.1 Å². The highest BCUT2D eigenvalue weighted by Crippen LogP contribution is 2.30. The molecule has 0 radical (unpaired) electrons. The molecule has 2 rings (SSSR count). The first-order valence-corrected chi connectivity index (χ1v) is 11.9. The van der Waals surface area contributed by atoms with E-state index in [2.05, 4.69) is 39.7 Å². The van der Waals surface area contributed by atoms with Crippen LogP contribution in [0.4, 0.5) is 11.4 Å². The molecule has 0 saturated carbocycles. The van der Waals surface area contributed by atoms with E-state index in [1.165, 1.54) is 7.11 Å². The average Bonchev–Trinajstić information content (AvgIpc) is 2.87. The Morgan fingerprint density at radius 2 is 1.94 bits per heavy atom. The van der Waals surface area contributed by atoms with E-state index < -0.39 is 11.9 Å². The molecule has 4 N–H and O–H groups in total. The molecule has 0 fully saturated rings. The molecule has 9 nitrogen and oxygen atoms in total. The smallest absolute Gasteiger partial charge is 0.325 e. The number of hydrogen-bond acceptors (Lipinski definition) is 8. The molecule has 0 aliphatic carbocycles. The molecular formula is C25H33N5O4S. The number of amides is 2. The Kier molecular flexibility index (Phi) is 11.8. The zero-order valence-corrected chi connectivity index (χ0v) is 20.8. The molecule has 10 heteroatoms. The van der Waals surface area contributed by atoms with Crippen LogP contribution in [0.15, 0.2) is 53.5 Å². The maximum absolute atomic E-state index is 12.4. The standard InChI is InChI=1S/C25H33N5O4S/c1-27-21-15-19(25(33)28-16-24(32)34-2)8-9-22(21)30(12-11-26)17-20(29-23(31)10-13-35)14-18-6-4-3-5-7-18/h3-9,15,20,35H,1,10-14,16-17,26H2,2H3,(H,28,33)(H,29,31). The van der Waals surface area contributed by atoms with E-state index in [0.29, 0.717) is 49.5 Å². The molecule has 2 aromatic rings. The Morgan fingerprint density at radius 1 is 1.20 bits per heavy atom. The fourth-order valence-electron chi connectivity index (χ4n) is 3.58. The van der Waals surface area contributed by atoms with E-state index in [1.807, 2.05) is 35.2 Å². The molecule has 2 amide bonds. The number of methoxy groups -OCH3 is 1. The summed E-state index contributed by atoms with van der Waals surface area (Å²) in [6, 6.07) is 14.7. The number of ether oxygens (including phenoxy) is 1. The Bertz CT molecular complexity index is 1000. The van der Waals surface area contributed by atoms with Gasteiger partial charge in [-0.3, -0.25) is 19.4 Å². The van der Waals surface area contributed by atoms with Crippen LogP contribution in [0.1, 0.15) is 22.3 Å². The van der Waals surface area contributed by atoms with Gasteiger partial charge in [0.05, 0.1) is 24.5 Å². The maximum Gasteiger partial charge on any atom is 0.325 e. The minimum atomic E-state index is -0.546. The lowest BCUT2D eigenvalue weighted by Crippen LogP contribution is -2.46. The number of benzene rings is 2. The molecular weight excluding hydrogens is 466 g/mol. The molecule has 0 spiro atoms. The second-order valence-electron chi connectivity index (χ2n) is 7.78. The predicted molar refractivity (Wildman–Crippen MR) is 142 cm³/mol. The quantitative estimate of drug-likeness (QED) is 0.178. The van der Waals surface area contributed by atoms with Crippen molar-refractivity contribution in [2.45, 2.75) is 18.9 Å². The summed E-state index contributed by atoms with van der Waals surface area (Å²) < 4.78 is 4.55. The third-order valence-corrected chi connectivity index (χ3v) is 5.46. The summed E-state index contributed by atoms with van der Waals surface area (Å²) in [4.78, 5) is 42.3. The number of carbonyl (C=O) groups is 3. The third kappa shape index (κ3) is 9.06. The largest absolute Gasteiger partial charge is 0.468 e. The van der Waals surface area contributed by atoms with Gasteiger partial charge in [-0.2, -0.15) is 12.6 Å². The molecule has 0 bridgehead atoms. The summed E-state index contributed by atoms with van der Waals surface area (Å²) in [5.74, 6) is -0.595. The van der Waals surface area contributed by atoms with E-state index in [0.717, 1.165) is 11.3 Å². The van der Waals surface area contributed by atoms with Crippen molar-refractivity contribution in [3.05, 3.63) is 59.7 Å². The minimum Gasteiger partial charge on any atom is -0.468 e. The second-order valence-corrected chi connectivity index (χ2v) is 8.23. The van der Waals surface area contributed by atoms with Gasteiger partial charge >= 0.3 is 5.97 Å². The molecule has 0 aliphatic rings. The SMILES string of the molecule is C=Nc1cc(C(=O)NCC(=O)OC)ccc1N(CCN)CC(Cc1ccccc1)NC(=O)CCS. The van der Waals surface area contributed by atoms with Crippen molar-refractivity contribution >= 4 is 48.5 Å². The Labute approximate surface area is 211 Å². The maximum atomic E-state index is 12.4. The number of nitrogens with zero attached hydrogens (tertiary/aromatic N) is 2. The van der Waals surface area contributed by atoms with Gasteiger partial charge in [-0.05, 0) is 42.7 Å². The van der Waals surface area contributed by atoms with Crippen molar-refractivity contribution in [2.24, 2.45) is 10.7 Å². The lowest BCUT2D eigenvalue weighted by molar-refractivity contribution is -0.139. The summed E-state index contributed by atoms with van der Waals surface area (Å²) in [5.41, 5.74) is 8.55. The molecule has 1 unspecified atom stereocenters. The molecule has 1 atom stereocenters. The Hall–Kier alpha value is -3.37. The minimum absolute atomic E-state index is 0.0756. The predicted octanol–water partition coefficient (Wildman–Crippen LogP) is 1.73. The van der Waals surface area contributed by atoms with Gasteiger partial charge in [-0.1, -0.05) is 30.3 Å². The van der Waals surface area contributed by atoms with E-state index >= 15 is 0 Å². The van der Waals surface area contributed by atoms with Crippen LogP contribution >= 0.6 is 12.6 Å². The van der Waals surface area contributed by atoms with Crippen molar-refractivity contribution in [3.63, 3.8) is 0 Å². The van der Waals surface area contributed by atoms with Crippen LogP contribution in [-0.4, -0.2) is 69.6 Å². The average molecular weight is 500 g/mol. The second kappa shape index (κ2) is 14.8. The summed E-state index contributed by atoms with van der Waals surface area (Å²) in [5, 5.41) is 5.61. The normalized spacial score (nSPS) is 11.3. The highest BCUT2D eigenvalue weighted by Gasteiger charge is 2.20. The third-order valence-electron chi connectivity index (χ3n) is 5.24. The van der Waals surface area contributed by atoms with Crippen molar-refractivity contribution in [2.75, 3.05) is 43.9 Å². The van der Waals surface area contributed by atoms with Crippen LogP contribution in [0.3, 0.4) is 0 Å². The lowest BCUT2D eigenvalue weighted by atomic mass is 10.0. The van der Waals surface area contributed by atoms with Crippen molar-refractivity contribution in [1.29, 1.82) is 0 Å². The Balaban J connectivity index is 2.28. The van der Waals surface area contributed by atoms with Gasteiger partial charge in [0.2, 0.25) is 5.91 Å². The summed E-state index contributed by atoms with van der Waals surface area (Å²) in [6.45, 7) is 4.77. The molecule has 0 saturated heterocycles. The number of hydrogen-bond donors (Lipinski definition) is 4. The molecule has 0 aromatic heterocycles. The number of anilines is 1. The van der Waals surface area contributed by atoms with E-state index in [4.69, 9.17) is 5.73 Å². The summed E-state index contributed by atoms with van der Waals surface area (Å²) in [6.07, 6.45) is 0.950. The van der Waals surface area contributed by atoms with Crippen LogP contribution in [0.25, 0.3) is 0 Å². The van der Waals surface area contributed by atoms with Crippen molar-refractivity contribution in [1.82, 2.24) is 10.6 Å². The topological polar surface area (TPSA) is 126 Å². The number of thiol groups is 1. The van der Waals surface area contributed by atoms with Gasteiger partial charge in [-0.25, -0.2) is 0 Å². The van der Waals surface area contributed by atoms with E-state index in [1.54, 1.807) is 18.2 Å². The monoisotopic (exact) mass is 499 g/mol. The molecule has 2 aromatic carbocycles. The van der Waals surface area contributed by atoms with Crippen LogP contribution in [0.2, 0.25) is 0 Å². The van der Waals surface area contributed by atoms with Crippen LogP contribution in [0.5, 0.6) is 0 Å². The van der Waals surface area contributed by atoms with Gasteiger partial charge in [0.15, 0.2) is 0 Å². The fraction of sp³-hybridized carbons (Fsp3) is 0.360. The van der Waals surface area contributed by atoms with E-state index in [-0.39, 0.29) is 18.5 Å². The first-order chi connectivity index (χ1) is 16.9. The first-order valence-electron chi connectivity index (χ1n) is 11.3. The Morgan fingerprint density at radius 3 is 2.57 bits per heavy atom. The first kappa shape index (κ1) is 27.9. The zero-order chi connectivity index (χ0) is 25.6. The summed E-state index contributed by atoms with van der Waals surface area (Å²) in [7, 11) is 1.25. The highest BCUT2D eigenvalue weighted by atomic mass is 32.1. The number of esters is 1. The highest BCUT2D eigenvalue weighted by molar-refractivity contribution is 7.80. The number of carbonyl (C=O) groups excluding carboxylic acids is 3. The molecule has 188 valence electrons. The van der Waals surface area contributed by atoms with Crippen LogP contribution in [-0.2, 0) is 20.7 Å². The van der Waals surface area contributed by atoms with E-state index in [9.17, 15) is 14.4 Å². The number of nitrogens with two attached hydrogens (primary N) is 1. The van der Waals surface area contributed by atoms with Gasteiger partial charge in [-0.15, -0.1) is 0 Å². The molecule has 35 heavy (non-hydrogen) atoms. The van der Waals surface area contributed by atoms with Gasteiger partial charge in [0, 0.05) is 31.6 Å². The number of aliphatic imine (C=N–C) groups is 1. The van der Waals surface area contributed by atoms with Crippen LogP contribution < -0.4 is 21.3 Å². The number of rotatable bonds is 14. The fourth-order valence-corrected chi connectivity index (χ4v) is 3.78. The zero-order valence-electron chi connectivity index (χ0n) is 19.9.